The number of carbonyl (C=O) groups is 3. The van der Waals surface area contributed by atoms with Crippen LogP contribution in [0.15, 0.2) is 60.7 Å². The largest absolute Gasteiger partial charge is 0.467 e. The minimum atomic E-state index is -0.751. The number of aryl methyl sites for hydroxylation is 1. The number of likely N-dealkylation sites (tertiary alicyclic amines) is 1. The van der Waals surface area contributed by atoms with Gasteiger partial charge >= 0.3 is 5.97 Å². The fourth-order valence-electron chi connectivity index (χ4n) is 4.18. The van der Waals surface area contributed by atoms with Crippen LogP contribution < -0.4 is 11.1 Å². The van der Waals surface area contributed by atoms with Crippen LogP contribution in [0, 0.1) is 0 Å². The fourth-order valence-corrected chi connectivity index (χ4v) is 4.18. The molecule has 7 nitrogen and oxygen atoms in total. The zero-order valence-corrected chi connectivity index (χ0v) is 18.6. The topological polar surface area (TPSA) is 102 Å². The van der Waals surface area contributed by atoms with Crippen LogP contribution in [-0.4, -0.2) is 54.0 Å². The maximum absolute atomic E-state index is 13.2. The Kier molecular flexibility index (Phi) is 8.00. The molecule has 0 aromatic heterocycles. The van der Waals surface area contributed by atoms with Crippen LogP contribution in [0.2, 0.25) is 0 Å². The van der Waals surface area contributed by atoms with E-state index in [9.17, 15) is 14.4 Å². The van der Waals surface area contributed by atoms with E-state index in [0.717, 1.165) is 11.1 Å². The molecule has 3 rings (SSSR count). The van der Waals surface area contributed by atoms with E-state index in [1.165, 1.54) is 7.11 Å². The molecular formula is C25H31N3O4. The van der Waals surface area contributed by atoms with Crippen molar-refractivity contribution < 1.29 is 19.1 Å². The smallest absolute Gasteiger partial charge is 0.328 e. The fraction of sp³-hybridized carbons (Fsp3) is 0.400. The molecule has 1 aliphatic rings. The van der Waals surface area contributed by atoms with Crippen molar-refractivity contribution >= 4 is 17.8 Å². The maximum atomic E-state index is 13.2. The number of amides is 2. The number of carbonyl (C=O) groups excluding carboxylic acids is 3. The number of nitrogens with one attached hydrogen (secondary N) is 1. The predicted octanol–water partition coefficient (Wildman–Crippen LogP) is 1.84. The van der Waals surface area contributed by atoms with Gasteiger partial charge in [-0.25, -0.2) is 4.79 Å². The van der Waals surface area contributed by atoms with Crippen molar-refractivity contribution in [3.8, 4) is 0 Å². The summed E-state index contributed by atoms with van der Waals surface area (Å²) in [5.41, 5.74) is 8.11. The van der Waals surface area contributed by atoms with E-state index in [0.29, 0.717) is 25.7 Å². The molecule has 1 heterocycles. The van der Waals surface area contributed by atoms with Crippen LogP contribution in [-0.2, 0) is 32.0 Å². The summed E-state index contributed by atoms with van der Waals surface area (Å²) < 4.78 is 4.98. The SMILES string of the molecule is COC(=O)[C@H](Cc1ccccc1)N1C(=O)C(NC(=O)[C@@H](N)CCc2ccccc2)CC1C. The van der Waals surface area contributed by atoms with Gasteiger partial charge < -0.3 is 20.7 Å². The molecule has 7 heteroatoms. The lowest BCUT2D eigenvalue weighted by atomic mass is 10.0. The maximum Gasteiger partial charge on any atom is 0.328 e. The number of hydrogen-bond donors (Lipinski definition) is 2. The number of rotatable bonds is 9. The lowest BCUT2D eigenvalue weighted by Gasteiger charge is -2.30. The number of nitrogens with zero attached hydrogens (tertiary/aromatic N) is 1. The summed E-state index contributed by atoms with van der Waals surface area (Å²) in [5.74, 6) is -1.11. The zero-order valence-electron chi connectivity index (χ0n) is 18.6. The third-order valence-electron chi connectivity index (χ3n) is 5.93. The van der Waals surface area contributed by atoms with Crippen molar-refractivity contribution in [2.45, 2.75) is 56.8 Å². The van der Waals surface area contributed by atoms with E-state index in [4.69, 9.17) is 10.5 Å². The average molecular weight is 438 g/mol. The molecule has 3 N–H and O–H groups in total. The highest BCUT2D eigenvalue weighted by Crippen LogP contribution is 2.25. The molecule has 2 aromatic rings. The summed E-state index contributed by atoms with van der Waals surface area (Å²) in [4.78, 5) is 39.9. The molecule has 2 amide bonds. The Labute approximate surface area is 188 Å². The first kappa shape index (κ1) is 23.5. The standard InChI is InChI=1S/C25H31N3O4/c1-17-15-21(27-23(29)20(26)14-13-18-9-5-3-6-10-18)24(30)28(17)22(25(31)32-2)16-19-11-7-4-8-12-19/h3-12,17,20-22H,13-16,26H2,1-2H3,(H,27,29)/t17?,20-,21?,22-/m0/s1. The predicted molar refractivity (Wildman–Crippen MR) is 122 cm³/mol. The van der Waals surface area contributed by atoms with Crippen molar-refractivity contribution in [2.75, 3.05) is 7.11 Å². The highest BCUT2D eigenvalue weighted by atomic mass is 16.5. The Bertz CT molecular complexity index is 919. The van der Waals surface area contributed by atoms with Crippen molar-refractivity contribution in [3.63, 3.8) is 0 Å². The average Bonchev–Trinajstić information content (AvgIpc) is 3.09. The molecule has 1 fully saturated rings. The summed E-state index contributed by atoms with van der Waals surface area (Å²) in [6.45, 7) is 1.88. The molecule has 1 saturated heterocycles. The van der Waals surface area contributed by atoms with E-state index in [1.54, 1.807) is 4.90 Å². The summed E-state index contributed by atoms with van der Waals surface area (Å²) >= 11 is 0. The Morgan fingerprint density at radius 1 is 1.09 bits per heavy atom. The Morgan fingerprint density at radius 3 is 2.28 bits per heavy atom. The van der Waals surface area contributed by atoms with Crippen molar-refractivity contribution in [3.05, 3.63) is 71.8 Å². The van der Waals surface area contributed by atoms with Gasteiger partial charge in [-0.05, 0) is 37.3 Å². The van der Waals surface area contributed by atoms with E-state index < -0.39 is 24.1 Å². The Hall–Kier alpha value is -3.19. The second kappa shape index (κ2) is 10.9. The van der Waals surface area contributed by atoms with Crippen LogP contribution in [0.3, 0.4) is 0 Å². The molecule has 0 spiro atoms. The molecule has 1 aliphatic heterocycles. The van der Waals surface area contributed by atoms with Gasteiger partial charge in [-0.3, -0.25) is 9.59 Å². The molecular weight excluding hydrogens is 406 g/mol. The number of benzene rings is 2. The van der Waals surface area contributed by atoms with Gasteiger partial charge in [0.25, 0.3) is 0 Å². The first-order valence-electron chi connectivity index (χ1n) is 10.9. The van der Waals surface area contributed by atoms with Crippen molar-refractivity contribution in [2.24, 2.45) is 5.73 Å². The molecule has 0 bridgehead atoms. The van der Waals surface area contributed by atoms with Gasteiger partial charge in [-0.2, -0.15) is 0 Å². The molecule has 0 saturated carbocycles. The summed E-state index contributed by atoms with van der Waals surface area (Å²) in [5, 5.41) is 2.79. The van der Waals surface area contributed by atoms with Crippen LogP contribution >= 0.6 is 0 Å². The highest BCUT2D eigenvalue weighted by molar-refractivity contribution is 5.93. The normalized spacial score (nSPS) is 20.0. The molecule has 2 aromatic carbocycles. The minimum Gasteiger partial charge on any atom is -0.467 e. The Balaban J connectivity index is 1.63. The lowest BCUT2D eigenvalue weighted by Crippen LogP contribution is -2.52. The van der Waals surface area contributed by atoms with Gasteiger partial charge in [-0.15, -0.1) is 0 Å². The quantitative estimate of drug-likeness (QED) is 0.583. The van der Waals surface area contributed by atoms with E-state index in [2.05, 4.69) is 5.32 Å². The third kappa shape index (κ3) is 5.73. The number of hydrogen-bond acceptors (Lipinski definition) is 5. The zero-order chi connectivity index (χ0) is 23.1. The summed E-state index contributed by atoms with van der Waals surface area (Å²) in [6, 6.07) is 16.9. The van der Waals surface area contributed by atoms with Gasteiger partial charge in [0.1, 0.15) is 12.1 Å². The molecule has 0 radical (unpaired) electrons. The molecule has 4 atom stereocenters. The number of methoxy groups -OCH3 is 1. The monoisotopic (exact) mass is 437 g/mol. The third-order valence-corrected chi connectivity index (χ3v) is 5.93. The van der Waals surface area contributed by atoms with Gasteiger partial charge in [0.2, 0.25) is 11.8 Å². The number of ether oxygens (including phenoxy) is 1. The van der Waals surface area contributed by atoms with Gasteiger partial charge in [-0.1, -0.05) is 60.7 Å². The van der Waals surface area contributed by atoms with E-state index >= 15 is 0 Å². The second-order valence-corrected chi connectivity index (χ2v) is 8.25. The number of esters is 1. The van der Waals surface area contributed by atoms with Crippen LogP contribution in [0.1, 0.15) is 30.9 Å². The van der Waals surface area contributed by atoms with Gasteiger partial charge in [0.05, 0.1) is 13.2 Å². The molecule has 170 valence electrons. The van der Waals surface area contributed by atoms with Crippen LogP contribution in [0.4, 0.5) is 0 Å². The Morgan fingerprint density at radius 2 is 1.69 bits per heavy atom. The number of nitrogens with two attached hydrogens (primary N) is 1. The van der Waals surface area contributed by atoms with E-state index in [1.807, 2.05) is 67.6 Å². The van der Waals surface area contributed by atoms with Crippen molar-refractivity contribution in [1.29, 1.82) is 0 Å². The second-order valence-electron chi connectivity index (χ2n) is 8.25. The summed E-state index contributed by atoms with van der Waals surface area (Å²) in [7, 11) is 1.32. The summed E-state index contributed by atoms with van der Waals surface area (Å²) in [6.07, 6.45) is 1.92. The van der Waals surface area contributed by atoms with E-state index in [-0.39, 0.29) is 17.9 Å². The molecule has 2 unspecified atom stereocenters. The first-order chi connectivity index (χ1) is 15.4. The highest BCUT2D eigenvalue weighted by Gasteiger charge is 2.44. The van der Waals surface area contributed by atoms with Gasteiger partial charge in [0, 0.05) is 12.5 Å². The van der Waals surface area contributed by atoms with Crippen molar-refractivity contribution in [1.82, 2.24) is 10.2 Å². The van der Waals surface area contributed by atoms with Crippen LogP contribution in [0.25, 0.3) is 0 Å². The minimum absolute atomic E-state index is 0.221. The molecule has 0 aliphatic carbocycles. The lowest BCUT2D eigenvalue weighted by molar-refractivity contribution is -0.152. The molecule has 32 heavy (non-hydrogen) atoms. The first-order valence-corrected chi connectivity index (χ1v) is 10.9. The van der Waals surface area contributed by atoms with Crippen LogP contribution in [0.5, 0.6) is 0 Å². The van der Waals surface area contributed by atoms with Gasteiger partial charge in [0.15, 0.2) is 0 Å².